The summed E-state index contributed by atoms with van der Waals surface area (Å²) in [5.74, 6) is -0.0744. The maximum absolute atomic E-state index is 11.7. The summed E-state index contributed by atoms with van der Waals surface area (Å²) >= 11 is 0. The second kappa shape index (κ2) is 6.26. The summed E-state index contributed by atoms with van der Waals surface area (Å²) in [6, 6.07) is 4.39. The van der Waals surface area contributed by atoms with Gasteiger partial charge in [0.15, 0.2) is 6.29 Å². The number of carbonyl (C=O) groups excluding carboxylic acids is 2. The summed E-state index contributed by atoms with van der Waals surface area (Å²) in [5, 5.41) is 19.2. The van der Waals surface area contributed by atoms with Crippen LogP contribution in [0.1, 0.15) is 25.8 Å². The molecule has 0 aromatic heterocycles. The lowest BCUT2D eigenvalue weighted by atomic mass is 9.95. The third-order valence-electron chi connectivity index (χ3n) is 4.11. The molecule has 21 heavy (non-hydrogen) atoms. The van der Waals surface area contributed by atoms with Gasteiger partial charge >= 0.3 is 0 Å². The van der Waals surface area contributed by atoms with Gasteiger partial charge in [0.05, 0.1) is 6.04 Å². The lowest BCUT2D eigenvalue weighted by Crippen LogP contribution is -2.41. The van der Waals surface area contributed by atoms with Crippen molar-refractivity contribution < 1.29 is 19.8 Å². The zero-order valence-electron chi connectivity index (χ0n) is 12.3. The highest BCUT2D eigenvalue weighted by Crippen LogP contribution is 2.32. The van der Waals surface area contributed by atoms with Crippen LogP contribution in [0.25, 0.3) is 0 Å². The predicted octanol–water partition coefficient (Wildman–Crippen LogP) is 1.51. The molecule has 5 nitrogen and oxygen atoms in total. The standard InChI is InChI=1S/C16H21NO4/c1-10(2)17-8-11(6-14(17)16(21)9-18)5-12-3-4-13(19)7-15(12)20/h3-4,7,9-11,14,19-20H,5-6,8H2,1-2H3. The van der Waals surface area contributed by atoms with E-state index in [4.69, 9.17) is 0 Å². The number of rotatable bonds is 5. The number of benzene rings is 1. The molecule has 1 saturated heterocycles. The first-order valence-electron chi connectivity index (χ1n) is 7.18. The van der Waals surface area contributed by atoms with Crippen LogP contribution in [0.3, 0.4) is 0 Å². The number of Topliss-reactive ketones (excluding diaryl/α,β-unsaturated/α-hetero) is 1. The summed E-state index contributed by atoms with van der Waals surface area (Å²) in [4.78, 5) is 24.6. The van der Waals surface area contributed by atoms with Crippen molar-refractivity contribution in [2.24, 2.45) is 5.92 Å². The van der Waals surface area contributed by atoms with E-state index in [1.54, 1.807) is 6.07 Å². The summed E-state index contributed by atoms with van der Waals surface area (Å²) < 4.78 is 0. The maximum Gasteiger partial charge on any atom is 0.212 e. The third kappa shape index (κ3) is 3.42. The molecule has 2 atom stereocenters. The van der Waals surface area contributed by atoms with Crippen LogP contribution in [0.4, 0.5) is 0 Å². The topological polar surface area (TPSA) is 77.8 Å². The molecule has 1 aromatic carbocycles. The predicted molar refractivity (Wildman–Crippen MR) is 78.3 cm³/mol. The Labute approximate surface area is 124 Å². The molecule has 0 spiro atoms. The second-order valence-electron chi connectivity index (χ2n) is 5.95. The summed E-state index contributed by atoms with van der Waals surface area (Å²) in [7, 11) is 0. The Balaban J connectivity index is 2.11. The van der Waals surface area contributed by atoms with Crippen molar-refractivity contribution in [1.29, 1.82) is 0 Å². The van der Waals surface area contributed by atoms with Gasteiger partial charge in [-0.2, -0.15) is 0 Å². The van der Waals surface area contributed by atoms with Gasteiger partial charge in [-0.3, -0.25) is 14.5 Å². The van der Waals surface area contributed by atoms with Crippen LogP contribution in [0.2, 0.25) is 0 Å². The van der Waals surface area contributed by atoms with Crippen LogP contribution in [0, 0.1) is 5.92 Å². The lowest BCUT2D eigenvalue weighted by Gasteiger charge is -2.25. The largest absolute Gasteiger partial charge is 0.508 e. The van der Waals surface area contributed by atoms with E-state index in [1.807, 2.05) is 18.7 Å². The lowest BCUT2D eigenvalue weighted by molar-refractivity contribution is -0.133. The number of carbonyl (C=O) groups is 2. The highest BCUT2D eigenvalue weighted by molar-refractivity contribution is 6.27. The van der Waals surface area contributed by atoms with Gasteiger partial charge in [0, 0.05) is 18.7 Å². The van der Waals surface area contributed by atoms with Crippen LogP contribution in [-0.4, -0.2) is 45.8 Å². The molecule has 1 aliphatic rings. The quantitative estimate of drug-likeness (QED) is 0.635. The Morgan fingerprint density at radius 3 is 2.71 bits per heavy atom. The fourth-order valence-corrected chi connectivity index (χ4v) is 3.06. The number of likely N-dealkylation sites (tertiary alicyclic amines) is 1. The van der Waals surface area contributed by atoms with Crippen LogP contribution in [0.15, 0.2) is 18.2 Å². The van der Waals surface area contributed by atoms with E-state index in [0.29, 0.717) is 19.1 Å². The smallest absolute Gasteiger partial charge is 0.212 e. The molecule has 2 N–H and O–H groups in total. The van der Waals surface area contributed by atoms with Crippen molar-refractivity contribution in [1.82, 2.24) is 4.90 Å². The number of aldehydes is 1. The highest BCUT2D eigenvalue weighted by Gasteiger charge is 2.37. The fourth-order valence-electron chi connectivity index (χ4n) is 3.06. The minimum atomic E-state index is -0.374. The molecule has 0 saturated carbocycles. The first-order valence-corrected chi connectivity index (χ1v) is 7.18. The van der Waals surface area contributed by atoms with Crippen LogP contribution in [0.5, 0.6) is 11.5 Å². The van der Waals surface area contributed by atoms with E-state index in [0.717, 1.165) is 12.1 Å². The number of nitrogens with zero attached hydrogens (tertiary/aromatic N) is 1. The highest BCUT2D eigenvalue weighted by atomic mass is 16.3. The van der Waals surface area contributed by atoms with Gasteiger partial charge in [0.1, 0.15) is 11.5 Å². The van der Waals surface area contributed by atoms with Gasteiger partial charge in [-0.15, -0.1) is 0 Å². The SMILES string of the molecule is CC(C)N1CC(Cc2ccc(O)cc2O)CC1C(=O)C=O. The van der Waals surface area contributed by atoms with Crippen molar-refractivity contribution in [3.05, 3.63) is 23.8 Å². The van der Waals surface area contributed by atoms with Gasteiger partial charge in [0.2, 0.25) is 5.78 Å². The van der Waals surface area contributed by atoms with Gasteiger partial charge in [0.25, 0.3) is 0 Å². The Kier molecular flexibility index (Phi) is 4.63. The molecule has 2 rings (SSSR count). The molecule has 114 valence electrons. The Morgan fingerprint density at radius 2 is 2.14 bits per heavy atom. The monoisotopic (exact) mass is 291 g/mol. The van der Waals surface area contributed by atoms with Crippen molar-refractivity contribution >= 4 is 12.1 Å². The zero-order chi connectivity index (χ0) is 15.6. The minimum Gasteiger partial charge on any atom is -0.508 e. The van der Waals surface area contributed by atoms with Crippen molar-refractivity contribution in [2.45, 2.75) is 38.8 Å². The van der Waals surface area contributed by atoms with Gasteiger partial charge in [-0.05, 0) is 44.2 Å². The number of hydrogen-bond acceptors (Lipinski definition) is 5. The van der Waals surface area contributed by atoms with Crippen LogP contribution < -0.4 is 0 Å². The molecule has 1 aromatic rings. The molecule has 0 radical (unpaired) electrons. The normalized spacial score (nSPS) is 22.6. The molecule has 2 unspecified atom stereocenters. The van der Waals surface area contributed by atoms with E-state index in [2.05, 4.69) is 0 Å². The van der Waals surface area contributed by atoms with Gasteiger partial charge < -0.3 is 10.2 Å². The van der Waals surface area contributed by atoms with Crippen molar-refractivity contribution in [3.63, 3.8) is 0 Å². The first-order chi connectivity index (χ1) is 9.92. The Hall–Kier alpha value is -1.88. The minimum absolute atomic E-state index is 0.0282. The Bertz CT molecular complexity index is 541. The zero-order valence-corrected chi connectivity index (χ0v) is 12.3. The van der Waals surface area contributed by atoms with Crippen molar-refractivity contribution in [3.8, 4) is 11.5 Å². The molecular formula is C16H21NO4. The average molecular weight is 291 g/mol. The van der Waals surface area contributed by atoms with Crippen LogP contribution in [-0.2, 0) is 16.0 Å². The summed E-state index contributed by atoms with van der Waals surface area (Å²) in [5.41, 5.74) is 0.751. The number of aromatic hydroxyl groups is 2. The fraction of sp³-hybridized carbons (Fsp3) is 0.500. The van der Waals surface area contributed by atoms with Gasteiger partial charge in [-0.25, -0.2) is 0 Å². The van der Waals surface area contributed by atoms with E-state index >= 15 is 0 Å². The summed E-state index contributed by atoms with van der Waals surface area (Å²) in [6.45, 7) is 4.74. The third-order valence-corrected chi connectivity index (χ3v) is 4.11. The van der Waals surface area contributed by atoms with Gasteiger partial charge in [-0.1, -0.05) is 6.07 Å². The molecule has 0 bridgehead atoms. The first kappa shape index (κ1) is 15.5. The number of phenolic OH excluding ortho intramolecular Hbond substituents is 2. The maximum atomic E-state index is 11.7. The van der Waals surface area contributed by atoms with Crippen LogP contribution >= 0.6 is 0 Å². The second-order valence-corrected chi connectivity index (χ2v) is 5.95. The average Bonchev–Trinajstić information content (AvgIpc) is 2.85. The van der Waals surface area contributed by atoms with E-state index in [1.165, 1.54) is 12.1 Å². The molecule has 1 fully saturated rings. The molecule has 0 aliphatic carbocycles. The van der Waals surface area contributed by atoms with E-state index in [9.17, 15) is 19.8 Å². The number of phenols is 2. The number of hydrogen-bond donors (Lipinski definition) is 2. The molecule has 1 aliphatic heterocycles. The molecule has 5 heteroatoms. The van der Waals surface area contributed by atoms with E-state index < -0.39 is 0 Å². The Morgan fingerprint density at radius 1 is 1.43 bits per heavy atom. The number of ketones is 1. The summed E-state index contributed by atoms with van der Waals surface area (Å²) in [6.07, 6.45) is 1.65. The molecular weight excluding hydrogens is 270 g/mol. The van der Waals surface area contributed by atoms with Crippen molar-refractivity contribution in [2.75, 3.05) is 6.54 Å². The molecule has 0 amide bonds. The molecule has 1 heterocycles. The van der Waals surface area contributed by atoms with E-state index in [-0.39, 0.29) is 35.3 Å².